The molecule has 0 bridgehead atoms. The maximum absolute atomic E-state index is 11.5. The highest BCUT2D eigenvalue weighted by Crippen LogP contribution is 2.20. The van der Waals surface area contributed by atoms with Crippen molar-refractivity contribution in [3.05, 3.63) is 77.9 Å². The standard InChI is InChI=1S/C17H16O2/c1-3-16(18)15-9-10-17(13(2)11-15)19-12-14-7-5-4-6-8-14/h3-11H,1,12H2,2H3. The van der Waals surface area contributed by atoms with Crippen molar-refractivity contribution in [1.82, 2.24) is 0 Å². The van der Waals surface area contributed by atoms with Crippen LogP contribution in [0.5, 0.6) is 5.75 Å². The second-order valence-corrected chi connectivity index (χ2v) is 4.32. The number of benzene rings is 2. The van der Waals surface area contributed by atoms with Crippen LogP contribution >= 0.6 is 0 Å². The van der Waals surface area contributed by atoms with Crippen LogP contribution in [0, 0.1) is 6.92 Å². The minimum Gasteiger partial charge on any atom is -0.489 e. The zero-order valence-electron chi connectivity index (χ0n) is 10.9. The van der Waals surface area contributed by atoms with Gasteiger partial charge in [0.05, 0.1) is 0 Å². The molecule has 19 heavy (non-hydrogen) atoms. The first-order valence-electron chi connectivity index (χ1n) is 6.15. The Morgan fingerprint density at radius 3 is 2.58 bits per heavy atom. The lowest BCUT2D eigenvalue weighted by Gasteiger charge is -2.10. The average molecular weight is 252 g/mol. The Morgan fingerprint density at radius 2 is 1.95 bits per heavy atom. The maximum Gasteiger partial charge on any atom is 0.185 e. The smallest absolute Gasteiger partial charge is 0.185 e. The van der Waals surface area contributed by atoms with E-state index in [9.17, 15) is 4.79 Å². The highest BCUT2D eigenvalue weighted by atomic mass is 16.5. The van der Waals surface area contributed by atoms with Crippen molar-refractivity contribution in [2.75, 3.05) is 0 Å². The van der Waals surface area contributed by atoms with Gasteiger partial charge in [-0.1, -0.05) is 36.9 Å². The summed E-state index contributed by atoms with van der Waals surface area (Å²) < 4.78 is 5.75. The van der Waals surface area contributed by atoms with Gasteiger partial charge in [-0.25, -0.2) is 0 Å². The fourth-order valence-electron chi connectivity index (χ4n) is 1.82. The number of ether oxygens (including phenoxy) is 1. The SMILES string of the molecule is C=CC(=O)c1ccc(OCc2ccccc2)c(C)c1. The summed E-state index contributed by atoms with van der Waals surface area (Å²) in [7, 11) is 0. The Balaban J connectivity index is 2.09. The van der Waals surface area contributed by atoms with Crippen molar-refractivity contribution in [3.8, 4) is 5.75 Å². The second kappa shape index (κ2) is 6.01. The van der Waals surface area contributed by atoms with Gasteiger partial charge >= 0.3 is 0 Å². The molecule has 2 nitrogen and oxygen atoms in total. The molecule has 0 aliphatic rings. The summed E-state index contributed by atoms with van der Waals surface area (Å²) >= 11 is 0. The van der Waals surface area contributed by atoms with Gasteiger partial charge in [0.2, 0.25) is 0 Å². The topological polar surface area (TPSA) is 26.3 Å². The van der Waals surface area contributed by atoms with E-state index in [0.29, 0.717) is 12.2 Å². The Labute approximate surface area is 113 Å². The van der Waals surface area contributed by atoms with Crippen molar-refractivity contribution < 1.29 is 9.53 Å². The number of carbonyl (C=O) groups excluding carboxylic acids is 1. The van der Waals surface area contributed by atoms with Crippen molar-refractivity contribution in [2.24, 2.45) is 0 Å². The van der Waals surface area contributed by atoms with Gasteiger partial charge in [-0.2, -0.15) is 0 Å². The molecule has 0 saturated carbocycles. The molecule has 0 unspecified atom stereocenters. The minimum atomic E-state index is -0.0716. The summed E-state index contributed by atoms with van der Waals surface area (Å²) in [5.41, 5.74) is 2.70. The predicted octanol–water partition coefficient (Wildman–Crippen LogP) is 3.94. The lowest BCUT2D eigenvalue weighted by atomic mass is 10.1. The number of allylic oxidation sites excluding steroid dienone is 1. The molecule has 0 spiro atoms. The Bertz CT molecular complexity index is 585. The van der Waals surface area contributed by atoms with E-state index in [1.54, 1.807) is 6.07 Å². The first-order chi connectivity index (χ1) is 9.20. The summed E-state index contributed by atoms with van der Waals surface area (Å²) in [6.07, 6.45) is 1.32. The normalized spacial score (nSPS) is 9.95. The minimum absolute atomic E-state index is 0.0716. The maximum atomic E-state index is 11.5. The van der Waals surface area contributed by atoms with Crippen LogP contribution in [0.25, 0.3) is 0 Å². The van der Waals surface area contributed by atoms with Gasteiger partial charge in [0.25, 0.3) is 0 Å². The van der Waals surface area contributed by atoms with Gasteiger partial charge in [0, 0.05) is 5.56 Å². The molecule has 0 heterocycles. The molecule has 2 rings (SSSR count). The van der Waals surface area contributed by atoms with Crippen molar-refractivity contribution in [1.29, 1.82) is 0 Å². The molecule has 0 fully saturated rings. The summed E-state index contributed by atoms with van der Waals surface area (Å²) in [5.74, 6) is 0.724. The molecule has 0 amide bonds. The van der Waals surface area contributed by atoms with Crippen LogP contribution in [0.15, 0.2) is 61.2 Å². The number of aryl methyl sites for hydroxylation is 1. The molecule has 0 saturated heterocycles. The molecule has 0 aliphatic heterocycles. The molecule has 0 aliphatic carbocycles. The molecule has 0 radical (unpaired) electrons. The molecule has 2 heteroatoms. The van der Waals surface area contributed by atoms with E-state index in [1.807, 2.05) is 49.4 Å². The summed E-state index contributed by atoms with van der Waals surface area (Å²) in [4.78, 5) is 11.5. The van der Waals surface area contributed by atoms with E-state index >= 15 is 0 Å². The van der Waals surface area contributed by atoms with Crippen LogP contribution in [0.1, 0.15) is 21.5 Å². The van der Waals surface area contributed by atoms with Gasteiger partial charge in [-0.15, -0.1) is 0 Å². The highest BCUT2D eigenvalue weighted by molar-refractivity contribution is 6.04. The van der Waals surface area contributed by atoms with Crippen molar-refractivity contribution >= 4 is 5.78 Å². The monoisotopic (exact) mass is 252 g/mol. The van der Waals surface area contributed by atoms with Crippen LogP contribution in [0.3, 0.4) is 0 Å². The molecular weight excluding hydrogens is 236 g/mol. The van der Waals surface area contributed by atoms with E-state index in [2.05, 4.69) is 6.58 Å². The predicted molar refractivity (Wildman–Crippen MR) is 76.5 cm³/mol. The highest BCUT2D eigenvalue weighted by Gasteiger charge is 2.05. The quantitative estimate of drug-likeness (QED) is 0.595. The summed E-state index contributed by atoms with van der Waals surface area (Å²) in [6, 6.07) is 15.4. The summed E-state index contributed by atoms with van der Waals surface area (Å²) in [5, 5.41) is 0. The summed E-state index contributed by atoms with van der Waals surface area (Å²) in [6.45, 7) is 5.94. The van der Waals surface area contributed by atoms with Crippen LogP contribution in [-0.4, -0.2) is 5.78 Å². The third-order valence-corrected chi connectivity index (χ3v) is 2.88. The largest absolute Gasteiger partial charge is 0.489 e. The van der Waals surface area contributed by atoms with Crippen LogP contribution in [0.2, 0.25) is 0 Å². The lowest BCUT2D eigenvalue weighted by molar-refractivity contribution is 0.104. The Hall–Kier alpha value is -2.35. The number of hydrogen-bond acceptors (Lipinski definition) is 2. The van der Waals surface area contributed by atoms with E-state index < -0.39 is 0 Å². The number of carbonyl (C=O) groups is 1. The fourth-order valence-corrected chi connectivity index (χ4v) is 1.82. The number of ketones is 1. The fraction of sp³-hybridized carbons (Fsp3) is 0.118. The number of rotatable bonds is 5. The lowest BCUT2D eigenvalue weighted by Crippen LogP contribution is -1.99. The first kappa shape index (κ1) is 13.1. The van der Waals surface area contributed by atoms with E-state index in [1.165, 1.54) is 6.08 Å². The van der Waals surface area contributed by atoms with Crippen molar-refractivity contribution in [3.63, 3.8) is 0 Å². The average Bonchev–Trinajstić information content (AvgIpc) is 2.46. The van der Waals surface area contributed by atoms with Crippen LogP contribution < -0.4 is 4.74 Å². The molecular formula is C17H16O2. The molecule has 2 aromatic carbocycles. The molecule has 0 atom stereocenters. The van der Waals surface area contributed by atoms with Crippen LogP contribution in [-0.2, 0) is 6.61 Å². The van der Waals surface area contributed by atoms with Crippen molar-refractivity contribution in [2.45, 2.75) is 13.5 Å². The Kier molecular flexibility index (Phi) is 4.14. The molecule has 0 N–H and O–H groups in total. The van der Waals surface area contributed by atoms with Gasteiger partial charge < -0.3 is 4.74 Å². The zero-order chi connectivity index (χ0) is 13.7. The van der Waals surface area contributed by atoms with E-state index in [-0.39, 0.29) is 5.78 Å². The van der Waals surface area contributed by atoms with E-state index in [0.717, 1.165) is 16.9 Å². The molecule has 96 valence electrons. The van der Waals surface area contributed by atoms with Gasteiger partial charge in [0.15, 0.2) is 5.78 Å². The Morgan fingerprint density at radius 1 is 1.21 bits per heavy atom. The van der Waals surface area contributed by atoms with E-state index in [4.69, 9.17) is 4.74 Å². The van der Waals surface area contributed by atoms with Gasteiger partial charge in [0.1, 0.15) is 12.4 Å². The third-order valence-electron chi connectivity index (χ3n) is 2.88. The molecule has 2 aromatic rings. The van der Waals surface area contributed by atoms with Gasteiger partial charge in [-0.05, 0) is 42.3 Å². The number of hydrogen-bond donors (Lipinski definition) is 0. The molecule has 0 aromatic heterocycles. The van der Waals surface area contributed by atoms with Crippen LogP contribution in [0.4, 0.5) is 0 Å². The van der Waals surface area contributed by atoms with Gasteiger partial charge in [-0.3, -0.25) is 4.79 Å². The zero-order valence-corrected chi connectivity index (χ0v) is 10.9. The second-order valence-electron chi connectivity index (χ2n) is 4.32. The third kappa shape index (κ3) is 3.32. The first-order valence-corrected chi connectivity index (χ1v) is 6.15.